The highest BCUT2D eigenvalue weighted by Gasteiger charge is 2.06. The van der Waals surface area contributed by atoms with Crippen LogP contribution in [0.25, 0.3) is 22.0 Å². The largest absolute Gasteiger partial charge is 0.457 e. The molecule has 0 radical (unpaired) electrons. The van der Waals surface area contributed by atoms with Gasteiger partial charge in [-0.3, -0.25) is 4.98 Å². The molecule has 0 saturated heterocycles. The van der Waals surface area contributed by atoms with Gasteiger partial charge in [-0.1, -0.05) is 48.5 Å². The van der Waals surface area contributed by atoms with E-state index in [1.54, 1.807) is 6.20 Å². The van der Waals surface area contributed by atoms with Crippen LogP contribution in [0, 0.1) is 0 Å². The van der Waals surface area contributed by atoms with E-state index < -0.39 is 0 Å². The first kappa shape index (κ1) is 17.9. The predicted octanol–water partition coefficient (Wildman–Crippen LogP) is 6.88. The van der Waals surface area contributed by atoms with Gasteiger partial charge in [0, 0.05) is 35.5 Å². The standard InChI is InChI=1S/C26H18N2O2/c1-2-8-21-18-28-25(16-19(21)7-1)20-9-5-10-22(15-20)29-23-11-6-12-24(17-23)30-26-13-3-4-14-27-26/h1-18H. The van der Waals surface area contributed by atoms with Gasteiger partial charge in [0.2, 0.25) is 5.88 Å². The molecule has 4 nitrogen and oxygen atoms in total. The Morgan fingerprint density at radius 3 is 2.10 bits per heavy atom. The minimum atomic E-state index is 0.541. The Bertz CT molecular complexity index is 1300. The lowest BCUT2D eigenvalue weighted by molar-refractivity contribution is 0.449. The first-order valence-electron chi connectivity index (χ1n) is 9.65. The number of hydrogen-bond acceptors (Lipinski definition) is 4. The molecule has 0 N–H and O–H groups in total. The summed E-state index contributed by atoms with van der Waals surface area (Å²) >= 11 is 0. The number of nitrogens with zero attached hydrogens (tertiary/aromatic N) is 2. The van der Waals surface area contributed by atoms with Crippen molar-refractivity contribution in [1.82, 2.24) is 9.97 Å². The highest BCUT2D eigenvalue weighted by Crippen LogP contribution is 2.30. The van der Waals surface area contributed by atoms with Crippen LogP contribution in [0.1, 0.15) is 0 Å². The smallest absolute Gasteiger partial charge is 0.219 e. The fourth-order valence-electron chi connectivity index (χ4n) is 3.23. The molecule has 2 aromatic heterocycles. The lowest BCUT2D eigenvalue weighted by atomic mass is 10.1. The molecule has 5 rings (SSSR count). The molecule has 0 aliphatic rings. The van der Waals surface area contributed by atoms with Gasteiger partial charge in [0.05, 0.1) is 5.69 Å². The van der Waals surface area contributed by atoms with E-state index in [2.05, 4.69) is 28.2 Å². The highest BCUT2D eigenvalue weighted by atomic mass is 16.5. The van der Waals surface area contributed by atoms with Gasteiger partial charge in [0.25, 0.3) is 0 Å². The van der Waals surface area contributed by atoms with Crippen LogP contribution < -0.4 is 9.47 Å². The van der Waals surface area contributed by atoms with Crippen LogP contribution in [0.2, 0.25) is 0 Å². The summed E-state index contributed by atoms with van der Waals surface area (Å²) in [5, 5.41) is 2.28. The Kier molecular flexibility index (Phi) is 4.80. The first-order chi connectivity index (χ1) is 14.8. The fourth-order valence-corrected chi connectivity index (χ4v) is 3.23. The maximum atomic E-state index is 6.08. The Labute approximate surface area is 174 Å². The van der Waals surface area contributed by atoms with Crippen molar-refractivity contribution in [2.45, 2.75) is 0 Å². The number of fused-ring (bicyclic) bond motifs is 1. The summed E-state index contributed by atoms with van der Waals surface area (Å²) in [6, 6.07) is 31.3. The van der Waals surface area contributed by atoms with E-state index in [4.69, 9.17) is 9.47 Å². The number of aromatic nitrogens is 2. The first-order valence-corrected chi connectivity index (χ1v) is 9.65. The van der Waals surface area contributed by atoms with Gasteiger partial charge in [-0.05, 0) is 41.8 Å². The number of benzene rings is 3. The molecule has 0 atom stereocenters. The molecular weight excluding hydrogens is 372 g/mol. The number of ether oxygens (including phenoxy) is 2. The molecule has 5 aromatic rings. The summed E-state index contributed by atoms with van der Waals surface area (Å²) in [6.45, 7) is 0. The van der Waals surface area contributed by atoms with Crippen molar-refractivity contribution < 1.29 is 9.47 Å². The molecule has 0 saturated carbocycles. The minimum absolute atomic E-state index is 0.541. The van der Waals surface area contributed by atoms with Crippen LogP contribution in [0.4, 0.5) is 0 Å². The second kappa shape index (κ2) is 8.05. The molecule has 30 heavy (non-hydrogen) atoms. The third-order valence-corrected chi connectivity index (χ3v) is 4.66. The summed E-state index contributed by atoms with van der Waals surface area (Å²) in [4.78, 5) is 8.79. The molecule has 0 spiro atoms. The summed E-state index contributed by atoms with van der Waals surface area (Å²) < 4.78 is 11.9. The molecular formula is C26H18N2O2. The van der Waals surface area contributed by atoms with Crippen LogP contribution in [0.15, 0.2) is 109 Å². The fraction of sp³-hybridized carbons (Fsp3) is 0. The quantitative estimate of drug-likeness (QED) is 0.328. The Hall–Kier alpha value is -4.18. The molecule has 2 heterocycles. The third kappa shape index (κ3) is 3.98. The van der Waals surface area contributed by atoms with Crippen LogP contribution in [-0.2, 0) is 0 Å². The Morgan fingerprint density at radius 1 is 0.533 bits per heavy atom. The number of rotatable bonds is 5. The van der Waals surface area contributed by atoms with Crippen molar-refractivity contribution in [2.24, 2.45) is 0 Å². The van der Waals surface area contributed by atoms with Crippen molar-refractivity contribution in [2.75, 3.05) is 0 Å². The lowest BCUT2D eigenvalue weighted by Crippen LogP contribution is -1.89. The third-order valence-electron chi connectivity index (χ3n) is 4.66. The minimum Gasteiger partial charge on any atom is -0.457 e. The normalized spacial score (nSPS) is 10.7. The second-order valence-corrected chi connectivity index (χ2v) is 6.79. The monoisotopic (exact) mass is 390 g/mol. The molecule has 4 heteroatoms. The lowest BCUT2D eigenvalue weighted by Gasteiger charge is -2.10. The molecule has 0 amide bonds. The highest BCUT2D eigenvalue weighted by molar-refractivity contribution is 5.85. The molecule has 144 valence electrons. The van der Waals surface area contributed by atoms with Crippen LogP contribution >= 0.6 is 0 Å². The van der Waals surface area contributed by atoms with Crippen molar-refractivity contribution in [1.29, 1.82) is 0 Å². The molecule has 3 aromatic carbocycles. The van der Waals surface area contributed by atoms with E-state index in [1.165, 1.54) is 0 Å². The Balaban J connectivity index is 1.38. The van der Waals surface area contributed by atoms with Gasteiger partial charge >= 0.3 is 0 Å². The summed E-state index contributed by atoms with van der Waals surface area (Å²) in [5.41, 5.74) is 1.91. The number of pyridine rings is 2. The van der Waals surface area contributed by atoms with Gasteiger partial charge in [0.15, 0.2) is 0 Å². The molecule has 0 unspecified atom stereocenters. The zero-order chi connectivity index (χ0) is 20.2. The van der Waals surface area contributed by atoms with Crippen molar-refractivity contribution >= 4 is 10.8 Å². The SMILES string of the molecule is c1ccc(Oc2cccc(Oc3cccc(-c4cc5ccccc5cn4)c3)c2)nc1. The van der Waals surface area contributed by atoms with Crippen molar-refractivity contribution in [3.05, 3.63) is 109 Å². The topological polar surface area (TPSA) is 44.2 Å². The average molecular weight is 390 g/mol. The van der Waals surface area contributed by atoms with E-state index in [1.807, 2.05) is 85.1 Å². The maximum absolute atomic E-state index is 6.08. The summed E-state index contributed by atoms with van der Waals surface area (Å²) in [5.74, 6) is 2.63. The zero-order valence-electron chi connectivity index (χ0n) is 16.1. The van der Waals surface area contributed by atoms with Gasteiger partial charge in [-0.15, -0.1) is 0 Å². The molecule has 0 aliphatic heterocycles. The van der Waals surface area contributed by atoms with Gasteiger partial charge in [0.1, 0.15) is 17.2 Å². The van der Waals surface area contributed by atoms with Gasteiger partial charge in [-0.2, -0.15) is 0 Å². The van der Waals surface area contributed by atoms with E-state index in [9.17, 15) is 0 Å². The van der Waals surface area contributed by atoms with Gasteiger partial charge < -0.3 is 9.47 Å². The molecule has 0 aliphatic carbocycles. The van der Waals surface area contributed by atoms with Crippen molar-refractivity contribution in [3.8, 4) is 34.4 Å². The van der Waals surface area contributed by atoms with E-state index in [0.29, 0.717) is 17.4 Å². The molecule has 0 bridgehead atoms. The predicted molar refractivity (Wildman–Crippen MR) is 118 cm³/mol. The van der Waals surface area contributed by atoms with E-state index in [-0.39, 0.29) is 0 Å². The van der Waals surface area contributed by atoms with Crippen LogP contribution in [-0.4, -0.2) is 9.97 Å². The van der Waals surface area contributed by atoms with Crippen LogP contribution in [0.3, 0.4) is 0 Å². The summed E-state index contributed by atoms with van der Waals surface area (Å²) in [7, 11) is 0. The second-order valence-electron chi connectivity index (χ2n) is 6.79. The zero-order valence-corrected chi connectivity index (χ0v) is 16.1. The average Bonchev–Trinajstić information content (AvgIpc) is 2.80. The van der Waals surface area contributed by atoms with Crippen molar-refractivity contribution in [3.63, 3.8) is 0 Å². The summed E-state index contributed by atoms with van der Waals surface area (Å²) in [6.07, 6.45) is 3.60. The Morgan fingerprint density at radius 2 is 1.27 bits per heavy atom. The van der Waals surface area contributed by atoms with Gasteiger partial charge in [-0.25, -0.2) is 4.98 Å². The van der Waals surface area contributed by atoms with E-state index >= 15 is 0 Å². The van der Waals surface area contributed by atoms with Crippen LogP contribution in [0.5, 0.6) is 23.1 Å². The van der Waals surface area contributed by atoms with E-state index in [0.717, 1.165) is 27.8 Å². The maximum Gasteiger partial charge on any atom is 0.219 e. The number of hydrogen-bond donors (Lipinski definition) is 0. The molecule has 0 fully saturated rings.